The Morgan fingerprint density at radius 2 is 1.97 bits per heavy atom. The summed E-state index contributed by atoms with van der Waals surface area (Å²) in [5.41, 5.74) is 4.75. The summed E-state index contributed by atoms with van der Waals surface area (Å²) in [6, 6.07) is 6.22. The predicted molar refractivity (Wildman–Crippen MR) is 111 cm³/mol. The molecule has 1 aromatic rings. The maximum atomic E-state index is 6.51. The van der Waals surface area contributed by atoms with Gasteiger partial charge in [0.05, 0.1) is 26.9 Å². The van der Waals surface area contributed by atoms with Crippen LogP contribution in [0.25, 0.3) is 0 Å². The molecule has 1 saturated carbocycles. The van der Waals surface area contributed by atoms with Crippen molar-refractivity contribution >= 4 is 5.69 Å². The smallest absolute Gasteiger partial charge is 0.162 e. The minimum atomic E-state index is 0.197. The third-order valence-electron chi connectivity index (χ3n) is 9.26. The van der Waals surface area contributed by atoms with Crippen molar-refractivity contribution in [2.24, 2.45) is 11.8 Å². The average Bonchev–Trinajstić information content (AvgIpc) is 3.20. The van der Waals surface area contributed by atoms with Crippen LogP contribution in [0.4, 0.5) is 5.69 Å². The van der Waals surface area contributed by atoms with E-state index in [-0.39, 0.29) is 5.41 Å². The van der Waals surface area contributed by atoms with Gasteiger partial charge in [-0.25, -0.2) is 0 Å². The summed E-state index contributed by atoms with van der Waals surface area (Å²) in [6.45, 7) is 5.55. The number of nitrogens with zero attached hydrogens (tertiary/aromatic N) is 2. The van der Waals surface area contributed by atoms with Crippen LogP contribution in [0.3, 0.4) is 0 Å². The second kappa shape index (κ2) is 5.50. The van der Waals surface area contributed by atoms with Gasteiger partial charge in [0.15, 0.2) is 11.5 Å². The van der Waals surface area contributed by atoms with Crippen molar-refractivity contribution in [2.45, 2.75) is 55.8 Å². The van der Waals surface area contributed by atoms with Crippen molar-refractivity contribution < 1.29 is 14.2 Å². The summed E-state index contributed by atoms with van der Waals surface area (Å²) >= 11 is 0. The Morgan fingerprint density at radius 3 is 2.79 bits per heavy atom. The molecular formula is C24H30N2O3. The molecule has 1 aliphatic carbocycles. The molecule has 4 fully saturated rings. The topological polar surface area (TPSA) is 34.2 Å². The minimum Gasteiger partial charge on any atom is -0.493 e. The lowest BCUT2D eigenvalue weighted by molar-refractivity contribution is -0.0641. The zero-order valence-corrected chi connectivity index (χ0v) is 17.6. The number of methoxy groups -OCH3 is 2. The quantitative estimate of drug-likeness (QED) is 0.721. The number of rotatable bonds is 2. The Bertz CT molecular complexity index is 929. The maximum absolute atomic E-state index is 6.51. The number of ether oxygens (including phenoxy) is 3. The third kappa shape index (κ3) is 1.82. The van der Waals surface area contributed by atoms with Gasteiger partial charge in [-0.15, -0.1) is 0 Å². The molecule has 154 valence electrons. The number of hydrogen-bond donors (Lipinski definition) is 0. The first-order chi connectivity index (χ1) is 14.2. The van der Waals surface area contributed by atoms with Gasteiger partial charge in [0, 0.05) is 47.8 Å². The predicted octanol–water partition coefficient (Wildman–Crippen LogP) is 2.97. The van der Waals surface area contributed by atoms with E-state index in [1.54, 1.807) is 19.8 Å². The van der Waals surface area contributed by atoms with E-state index in [1.165, 1.54) is 30.6 Å². The van der Waals surface area contributed by atoms with Gasteiger partial charge in [-0.3, -0.25) is 4.90 Å². The van der Waals surface area contributed by atoms with E-state index in [1.807, 2.05) is 0 Å². The van der Waals surface area contributed by atoms with Crippen LogP contribution in [0.5, 0.6) is 11.5 Å². The Labute approximate surface area is 172 Å². The highest BCUT2D eigenvalue weighted by Crippen LogP contribution is 2.67. The Balaban J connectivity index is 1.51. The third-order valence-corrected chi connectivity index (χ3v) is 9.26. The van der Waals surface area contributed by atoms with E-state index < -0.39 is 0 Å². The van der Waals surface area contributed by atoms with Gasteiger partial charge in [-0.2, -0.15) is 0 Å². The summed E-state index contributed by atoms with van der Waals surface area (Å²) < 4.78 is 18.0. The number of hydrogen-bond acceptors (Lipinski definition) is 5. The van der Waals surface area contributed by atoms with Crippen molar-refractivity contribution in [3.05, 3.63) is 29.3 Å². The fourth-order valence-electron chi connectivity index (χ4n) is 8.35. The molecule has 5 heterocycles. The largest absolute Gasteiger partial charge is 0.493 e. The summed E-state index contributed by atoms with van der Waals surface area (Å²) in [6.07, 6.45) is 6.47. The first-order valence-corrected chi connectivity index (χ1v) is 11.3. The first-order valence-electron chi connectivity index (χ1n) is 11.3. The second-order valence-electron chi connectivity index (χ2n) is 10.0. The highest BCUT2D eigenvalue weighted by atomic mass is 16.5. The molecule has 5 nitrogen and oxygen atoms in total. The minimum absolute atomic E-state index is 0.197. The molecule has 5 aliphatic heterocycles. The molecule has 7 rings (SSSR count). The Kier molecular flexibility index (Phi) is 3.22. The van der Waals surface area contributed by atoms with E-state index in [4.69, 9.17) is 14.2 Å². The summed E-state index contributed by atoms with van der Waals surface area (Å²) in [7, 11) is 3.51. The van der Waals surface area contributed by atoms with Gasteiger partial charge in [0.2, 0.25) is 0 Å². The normalized spacial score (nSPS) is 43.6. The van der Waals surface area contributed by atoms with Gasteiger partial charge in [0.1, 0.15) is 0 Å². The summed E-state index contributed by atoms with van der Waals surface area (Å²) in [5.74, 6) is 3.01. The van der Waals surface area contributed by atoms with Gasteiger partial charge in [-0.05, 0) is 50.3 Å². The molecule has 3 saturated heterocycles. The molecule has 0 unspecified atom stereocenters. The van der Waals surface area contributed by atoms with Crippen LogP contribution >= 0.6 is 0 Å². The zero-order chi connectivity index (χ0) is 19.5. The van der Waals surface area contributed by atoms with Crippen LogP contribution in [-0.2, 0) is 10.2 Å². The molecule has 5 heteroatoms. The molecule has 0 amide bonds. The van der Waals surface area contributed by atoms with E-state index in [0.717, 1.165) is 31.1 Å². The first kappa shape index (κ1) is 17.0. The zero-order valence-electron chi connectivity index (χ0n) is 17.6. The van der Waals surface area contributed by atoms with Gasteiger partial charge in [0.25, 0.3) is 0 Å². The number of benzene rings is 1. The Hall–Kier alpha value is -1.72. The van der Waals surface area contributed by atoms with E-state index in [0.29, 0.717) is 36.1 Å². The maximum Gasteiger partial charge on any atom is 0.162 e. The van der Waals surface area contributed by atoms with Crippen LogP contribution in [0.15, 0.2) is 23.8 Å². The van der Waals surface area contributed by atoms with Crippen LogP contribution in [0.1, 0.15) is 31.7 Å². The molecule has 0 aromatic heterocycles. The van der Waals surface area contributed by atoms with Crippen molar-refractivity contribution in [3.8, 4) is 11.5 Å². The molecule has 29 heavy (non-hydrogen) atoms. The lowest BCUT2D eigenvalue weighted by atomic mass is 9.53. The average molecular weight is 395 g/mol. The van der Waals surface area contributed by atoms with Crippen LogP contribution in [0, 0.1) is 11.8 Å². The van der Waals surface area contributed by atoms with Crippen molar-refractivity contribution in [3.63, 3.8) is 0 Å². The molecule has 1 aromatic carbocycles. The van der Waals surface area contributed by atoms with Crippen molar-refractivity contribution in [1.29, 1.82) is 0 Å². The molecule has 2 bridgehead atoms. The van der Waals surface area contributed by atoms with Gasteiger partial charge >= 0.3 is 0 Å². The fraction of sp³-hybridized carbons (Fsp3) is 0.667. The molecule has 1 spiro atoms. The van der Waals surface area contributed by atoms with E-state index in [2.05, 4.69) is 34.9 Å². The Morgan fingerprint density at radius 1 is 1.14 bits per heavy atom. The lowest BCUT2D eigenvalue weighted by Gasteiger charge is -2.60. The highest BCUT2D eigenvalue weighted by Gasteiger charge is 2.70. The molecular weight excluding hydrogens is 364 g/mol. The summed E-state index contributed by atoms with van der Waals surface area (Å²) in [4.78, 5) is 5.56. The molecule has 7 atom stereocenters. The second-order valence-corrected chi connectivity index (χ2v) is 10.0. The standard InChI is InChI=1S/C24H30N2O3/c1-13-8-20-22-15-9-21-24(5-6-25(21)12-14(15)4-7-29-20)16-10-18(27-2)19(28-3)11-17(16)26(13)23(22)24/h4,10-11,13,15,20-23H,5-9,12H2,1-3H3/t13-,15-,20-,21-,22+,23-,24-/m1/s1. The van der Waals surface area contributed by atoms with Crippen LogP contribution in [-0.4, -0.2) is 63.0 Å². The molecule has 0 N–H and O–H groups in total. The van der Waals surface area contributed by atoms with Crippen LogP contribution in [0.2, 0.25) is 0 Å². The van der Waals surface area contributed by atoms with Gasteiger partial charge < -0.3 is 19.1 Å². The SMILES string of the molecule is COc1cc2c(cc1OC)[C@@]13CCN4CC5=CCO[C@@H]6C[C@@H](C)N2[C@@H]1[C@H]6[C@@H]5C[C@@H]43. The molecule has 6 aliphatic rings. The van der Waals surface area contributed by atoms with E-state index >= 15 is 0 Å². The highest BCUT2D eigenvalue weighted by molar-refractivity contribution is 5.73. The van der Waals surface area contributed by atoms with E-state index in [9.17, 15) is 0 Å². The number of fused-ring (bicyclic) bond motifs is 2. The van der Waals surface area contributed by atoms with Gasteiger partial charge in [-0.1, -0.05) is 11.6 Å². The lowest BCUT2D eigenvalue weighted by Crippen LogP contribution is -2.69. The molecule has 0 radical (unpaired) electrons. The van der Waals surface area contributed by atoms with Crippen molar-refractivity contribution in [2.75, 3.05) is 38.8 Å². The number of piperidine rings is 2. The fourth-order valence-corrected chi connectivity index (χ4v) is 8.35. The number of anilines is 1. The van der Waals surface area contributed by atoms with Crippen LogP contribution < -0.4 is 14.4 Å². The summed E-state index contributed by atoms with van der Waals surface area (Å²) in [5, 5.41) is 0. The van der Waals surface area contributed by atoms with Crippen molar-refractivity contribution in [1.82, 2.24) is 4.90 Å². The monoisotopic (exact) mass is 394 g/mol.